The van der Waals surface area contributed by atoms with Gasteiger partial charge in [0.25, 0.3) is 0 Å². The Morgan fingerprint density at radius 2 is 1.95 bits per heavy atom. The molecule has 3 N–H and O–H groups in total. The second-order valence-corrected chi connectivity index (χ2v) is 6.91. The summed E-state index contributed by atoms with van der Waals surface area (Å²) in [6, 6.07) is 3.04. The summed E-state index contributed by atoms with van der Waals surface area (Å²) >= 11 is 0. The third kappa shape index (κ3) is 2.48. The Balaban J connectivity index is 2.51. The van der Waals surface area contributed by atoms with E-state index in [1.165, 1.54) is 4.31 Å². The van der Waals surface area contributed by atoms with Crippen molar-refractivity contribution in [2.75, 3.05) is 18.9 Å². The number of aryl methyl sites for hydroxylation is 2. The van der Waals surface area contributed by atoms with Crippen molar-refractivity contribution in [3.8, 4) is 0 Å². The molecule has 1 aromatic rings. The molecule has 0 radical (unpaired) electrons. The van der Waals surface area contributed by atoms with Crippen LogP contribution in [0.1, 0.15) is 24.0 Å². The smallest absolute Gasteiger partial charge is 0.243 e. The minimum Gasteiger partial charge on any atom is -0.399 e. The fraction of sp³-hybridized carbons (Fsp3) is 0.538. The fourth-order valence-electron chi connectivity index (χ4n) is 2.82. The summed E-state index contributed by atoms with van der Waals surface area (Å²) in [5.74, 6) is 0. The number of aliphatic hydroxyl groups excluding tert-OH is 1. The Bertz CT molecular complexity index is 561. The predicted octanol–water partition coefficient (Wildman–Crippen LogP) is 1.03. The molecule has 106 valence electrons. The van der Waals surface area contributed by atoms with Crippen LogP contribution in [0.15, 0.2) is 17.0 Å². The number of benzene rings is 1. The fourth-order valence-corrected chi connectivity index (χ4v) is 4.92. The average Bonchev–Trinajstić information content (AvgIpc) is 2.75. The molecule has 1 saturated heterocycles. The number of hydrogen-bond donors (Lipinski definition) is 2. The van der Waals surface area contributed by atoms with Crippen molar-refractivity contribution in [3.63, 3.8) is 0 Å². The summed E-state index contributed by atoms with van der Waals surface area (Å²) in [4.78, 5) is 0.321. The van der Waals surface area contributed by atoms with E-state index in [0.29, 0.717) is 34.7 Å². The maximum absolute atomic E-state index is 12.7. The van der Waals surface area contributed by atoms with Gasteiger partial charge >= 0.3 is 0 Å². The monoisotopic (exact) mass is 284 g/mol. The van der Waals surface area contributed by atoms with Gasteiger partial charge in [-0.25, -0.2) is 8.42 Å². The largest absolute Gasteiger partial charge is 0.399 e. The van der Waals surface area contributed by atoms with Crippen LogP contribution in [0.3, 0.4) is 0 Å². The Kier molecular flexibility index (Phi) is 3.85. The molecule has 0 aromatic heterocycles. The van der Waals surface area contributed by atoms with Gasteiger partial charge in [0.05, 0.1) is 11.5 Å². The van der Waals surface area contributed by atoms with Gasteiger partial charge in [-0.15, -0.1) is 0 Å². The van der Waals surface area contributed by atoms with Crippen LogP contribution < -0.4 is 5.73 Å². The van der Waals surface area contributed by atoms with Gasteiger partial charge < -0.3 is 10.8 Å². The van der Waals surface area contributed by atoms with Crippen molar-refractivity contribution in [2.45, 2.75) is 37.6 Å². The van der Waals surface area contributed by atoms with Gasteiger partial charge in [0.1, 0.15) is 0 Å². The molecule has 1 aliphatic heterocycles. The zero-order chi connectivity index (χ0) is 14.2. The second kappa shape index (κ2) is 5.11. The van der Waals surface area contributed by atoms with Gasteiger partial charge in [0.2, 0.25) is 10.0 Å². The first kappa shape index (κ1) is 14.3. The first-order valence-electron chi connectivity index (χ1n) is 6.37. The molecule has 0 aliphatic carbocycles. The third-order valence-electron chi connectivity index (χ3n) is 3.58. The lowest BCUT2D eigenvalue weighted by Crippen LogP contribution is -2.38. The summed E-state index contributed by atoms with van der Waals surface area (Å²) in [7, 11) is -3.56. The highest BCUT2D eigenvalue weighted by Gasteiger charge is 2.36. The van der Waals surface area contributed by atoms with Crippen LogP contribution in [-0.4, -0.2) is 37.0 Å². The summed E-state index contributed by atoms with van der Waals surface area (Å²) in [6.07, 6.45) is 1.50. The first-order chi connectivity index (χ1) is 8.87. The minimum absolute atomic E-state index is 0.133. The number of rotatable bonds is 3. The van der Waals surface area contributed by atoms with Gasteiger partial charge in [-0.05, 0) is 49.9 Å². The highest BCUT2D eigenvalue weighted by atomic mass is 32.2. The van der Waals surface area contributed by atoms with Crippen molar-refractivity contribution in [2.24, 2.45) is 0 Å². The minimum atomic E-state index is -3.56. The van der Waals surface area contributed by atoms with E-state index in [0.717, 1.165) is 6.42 Å². The topological polar surface area (TPSA) is 83.6 Å². The van der Waals surface area contributed by atoms with Crippen LogP contribution >= 0.6 is 0 Å². The van der Waals surface area contributed by atoms with Crippen LogP contribution in [0.2, 0.25) is 0 Å². The van der Waals surface area contributed by atoms with Crippen LogP contribution in [0, 0.1) is 13.8 Å². The maximum atomic E-state index is 12.7. The zero-order valence-corrected chi connectivity index (χ0v) is 12.1. The standard InChI is InChI=1S/C13H20N2O3S/c1-9-6-11(14)7-10(2)13(9)19(17,18)15-5-3-4-12(15)8-16/h6-7,12,16H,3-5,8,14H2,1-2H3. The molecule has 6 heteroatoms. The van der Waals surface area contributed by atoms with Gasteiger partial charge in [-0.2, -0.15) is 4.31 Å². The first-order valence-corrected chi connectivity index (χ1v) is 7.81. The van der Waals surface area contributed by atoms with Gasteiger partial charge in [-0.3, -0.25) is 0 Å². The Hall–Kier alpha value is -1.11. The number of nitrogens with zero attached hydrogens (tertiary/aromatic N) is 1. The van der Waals surface area contributed by atoms with Crippen LogP contribution in [0.5, 0.6) is 0 Å². The predicted molar refractivity (Wildman–Crippen MR) is 74.3 cm³/mol. The molecule has 1 aromatic carbocycles. The molecule has 19 heavy (non-hydrogen) atoms. The number of hydrogen-bond acceptors (Lipinski definition) is 4. The molecular weight excluding hydrogens is 264 g/mol. The number of nitrogens with two attached hydrogens (primary N) is 1. The third-order valence-corrected chi connectivity index (χ3v) is 5.84. The quantitative estimate of drug-likeness (QED) is 0.812. The van der Waals surface area contributed by atoms with Gasteiger partial charge in [0.15, 0.2) is 0 Å². The molecule has 1 unspecified atom stereocenters. The summed E-state index contributed by atoms with van der Waals surface area (Å²) in [5, 5.41) is 9.30. The molecule has 0 saturated carbocycles. The van der Waals surface area contributed by atoms with E-state index < -0.39 is 10.0 Å². The lowest BCUT2D eigenvalue weighted by Gasteiger charge is -2.24. The van der Waals surface area contributed by atoms with E-state index >= 15 is 0 Å². The van der Waals surface area contributed by atoms with Crippen LogP contribution in [0.25, 0.3) is 0 Å². The summed E-state index contributed by atoms with van der Waals surface area (Å²) in [6.45, 7) is 3.84. The van der Waals surface area contributed by atoms with E-state index in [2.05, 4.69) is 0 Å². The molecule has 5 nitrogen and oxygen atoms in total. The summed E-state index contributed by atoms with van der Waals surface area (Å²) < 4.78 is 26.9. The highest BCUT2D eigenvalue weighted by molar-refractivity contribution is 7.89. The molecule has 1 fully saturated rings. The number of sulfonamides is 1. The van der Waals surface area contributed by atoms with E-state index in [4.69, 9.17) is 5.73 Å². The Morgan fingerprint density at radius 1 is 1.37 bits per heavy atom. The van der Waals surface area contributed by atoms with Crippen molar-refractivity contribution in [1.29, 1.82) is 0 Å². The SMILES string of the molecule is Cc1cc(N)cc(C)c1S(=O)(=O)N1CCCC1CO. The second-order valence-electron chi connectivity index (χ2n) is 5.08. The van der Waals surface area contributed by atoms with Crippen molar-refractivity contribution >= 4 is 15.7 Å². The molecule has 0 bridgehead atoms. The van der Waals surface area contributed by atoms with Gasteiger partial charge in [0, 0.05) is 18.3 Å². The molecule has 1 heterocycles. The highest BCUT2D eigenvalue weighted by Crippen LogP contribution is 2.30. The molecule has 0 amide bonds. The van der Waals surface area contributed by atoms with Crippen LogP contribution in [-0.2, 0) is 10.0 Å². The number of aliphatic hydroxyl groups is 1. The molecule has 2 rings (SSSR count). The molecular formula is C13H20N2O3S. The molecule has 1 atom stereocenters. The number of nitrogen functional groups attached to an aromatic ring is 1. The summed E-state index contributed by atoms with van der Waals surface area (Å²) in [5.41, 5.74) is 7.60. The van der Waals surface area contributed by atoms with E-state index in [-0.39, 0.29) is 12.6 Å². The van der Waals surface area contributed by atoms with E-state index in [1.807, 2.05) is 0 Å². The molecule has 1 aliphatic rings. The Morgan fingerprint density at radius 3 is 2.47 bits per heavy atom. The van der Waals surface area contributed by atoms with Crippen molar-refractivity contribution in [3.05, 3.63) is 23.3 Å². The van der Waals surface area contributed by atoms with Crippen molar-refractivity contribution in [1.82, 2.24) is 4.31 Å². The van der Waals surface area contributed by atoms with Gasteiger partial charge in [-0.1, -0.05) is 0 Å². The normalized spacial score (nSPS) is 20.9. The van der Waals surface area contributed by atoms with E-state index in [9.17, 15) is 13.5 Å². The molecule has 0 spiro atoms. The lowest BCUT2D eigenvalue weighted by atomic mass is 10.1. The van der Waals surface area contributed by atoms with Crippen molar-refractivity contribution < 1.29 is 13.5 Å². The average molecular weight is 284 g/mol. The van der Waals surface area contributed by atoms with Crippen LogP contribution in [0.4, 0.5) is 5.69 Å². The maximum Gasteiger partial charge on any atom is 0.243 e. The number of anilines is 1. The Labute approximate surface area is 114 Å². The van der Waals surface area contributed by atoms with E-state index in [1.54, 1.807) is 26.0 Å². The zero-order valence-electron chi connectivity index (χ0n) is 11.3. The lowest BCUT2D eigenvalue weighted by molar-refractivity contribution is 0.213.